The smallest absolute Gasteiger partial charge is 0.238 e. The summed E-state index contributed by atoms with van der Waals surface area (Å²) in [7, 11) is 0. The van der Waals surface area contributed by atoms with Gasteiger partial charge in [-0.15, -0.1) is 0 Å². The summed E-state index contributed by atoms with van der Waals surface area (Å²) < 4.78 is 0. The van der Waals surface area contributed by atoms with Crippen molar-refractivity contribution in [1.82, 2.24) is 0 Å². The molecular weight excluding hydrogens is 274 g/mol. The molecule has 6 nitrogen and oxygen atoms in total. The molecule has 1 saturated heterocycles. The minimum absolute atomic E-state index is 0.0592. The number of carbonyl (C=O) groups excluding carboxylic acids is 2. The predicted molar refractivity (Wildman–Crippen MR) is 71.2 cm³/mol. The van der Waals surface area contributed by atoms with E-state index >= 15 is 0 Å². The first-order valence-corrected chi connectivity index (χ1v) is 7.03. The first kappa shape index (κ1) is 12.8. The molecule has 3 fully saturated rings. The lowest BCUT2D eigenvalue weighted by atomic mass is 9.78. The van der Waals surface area contributed by atoms with Crippen LogP contribution in [-0.4, -0.2) is 39.3 Å². The van der Waals surface area contributed by atoms with Gasteiger partial charge in [0.15, 0.2) is 0 Å². The van der Waals surface area contributed by atoms with E-state index in [-0.39, 0.29) is 29.4 Å². The number of amides is 2. The van der Waals surface area contributed by atoms with Gasteiger partial charge in [-0.05, 0) is 30.7 Å². The van der Waals surface area contributed by atoms with Crippen molar-refractivity contribution >= 4 is 17.5 Å². The second-order valence-corrected chi connectivity index (χ2v) is 6.12. The Morgan fingerprint density at radius 3 is 1.86 bits per heavy atom. The maximum atomic E-state index is 12.6. The lowest BCUT2D eigenvalue weighted by Crippen LogP contribution is -2.43. The highest BCUT2D eigenvalue weighted by Gasteiger charge is 2.67. The zero-order valence-electron chi connectivity index (χ0n) is 11.1. The van der Waals surface area contributed by atoms with Crippen molar-refractivity contribution in [3.8, 4) is 5.75 Å². The molecule has 3 N–H and O–H groups in total. The average Bonchev–Trinajstić information content (AvgIpc) is 3.06. The SMILES string of the molecule is O=C1C2C3CC(C(O)C3O)C2C(=O)N1c1ccc(O)cc1. The highest BCUT2D eigenvalue weighted by Crippen LogP contribution is 2.56. The lowest BCUT2D eigenvalue weighted by Gasteiger charge is -2.29. The van der Waals surface area contributed by atoms with E-state index in [1.165, 1.54) is 24.3 Å². The van der Waals surface area contributed by atoms with Crippen LogP contribution in [0.25, 0.3) is 0 Å². The third kappa shape index (κ3) is 1.49. The van der Waals surface area contributed by atoms with Crippen molar-refractivity contribution in [2.75, 3.05) is 4.90 Å². The molecule has 0 spiro atoms. The van der Waals surface area contributed by atoms with E-state index in [9.17, 15) is 24.9 Å². The highest BCUT2D eigenvalue weighted by atomic mass is 16.3. The molecule has 6 unspecified atom stereocenters. The van der Waals surface area contributed by atoms with Crippen LogP contribution in [0.2, 0.25) is 0 Å². The molecule has 6 atom stereocenters. The number of carbonyl (C=O) groups is 2. The number of fused-ring (bicyclic) bond motifs is 5. The van der Waals surface area contributed by atoms with Gasteiger partial charge in [0, 0.05) is 11.8 Å². The zero-order chi connectivity index (χ0) is 14.9. The topological polar surface area (TPSA) is 98.1 Å². The summed E-state index contributed by atoms with van der Waals surface area (Å²) in [5.41, 5.74) is 0.417. The summed E-state index contributed by atoms with van der Waals surface area (Å²) in [4.78, 5) is 26.3. The fourth-order valence-electron chi connectivity index (χ4n) is 4.29. The minimum atomic E-state index is -0.923. The van der Waals surface area contributed by atoms with Crippen molar-refractivity contribution in [2.45, 2.75) is 18.6 Å². The molecule has 0 aromatic heterocycles. The number of phenols is 1. The van der Waals surface area contributed by atoms with Crippen LogP contribution < -0.4 is 4.90 Å². The highest BCUT2D eigenvalue weighted by molar-refractivity contribution is 6.22. The number of anilines is 1. The molecule has 1 aliphatic heterocycles. The van der Waals surface area contributed by atoms with Gasteiger partial charge in [-0.3, -0.25) is 14.5 Å². The van der Waals surface area contributed by atoms with E-state index in [1.54, 1.807) is 0 Å². The van der Waals surface area contributed by atoms with Gasteiger partial charge in [-0.25, -0.2) is 0 Å². The quantitative estimate of drug-likeness (QED) is 0.626. The number of hydrogen-bond acceptors (Lipinski definition) is 5. The number of rotatable bonds is 1. The summed E-state index contributed by atoms with van der Waals surface area (Å²) in [5, 5.41) is 29.2. The van der Waals surface area contributed by atoms with Gasteiger partial charge < -0.3 is 15.3 Å². The second-order valence-electron chi connectivity index (χ2n) is 6.12. The van der Waals surface area contributed by atoms with Crippen molar-refractivity contribution in [1.29, 1.82) is 0 Å². The Bertz CT molecular complexity index is 595. The number of nitrogens with zero attached hydrogens (tertiary/aromatic N) is 1. The summed E-state index contributed by atoms with van der Waals surface area (Å²) >= 11 is 0. The van der Waals surface area contributed by atoms with Gasteiger partial charge in [-0.1, -0.05) is 0 Å². The summed E-state index contributed by atoms with van der Waals surface area (Å²) in [6.45, 7) is 0. The summed E-state index contributed by atoms with van der Waals surface area (Å²) in [6, 6.07) is 5.87. The number of hydrogen-bond donors (Lipinski definition) is 3. The number of aliphatic hydroxyl groups is 2. The number of aliphatic hydroxyl groups excluding tert-OH is 2. The van der Waals surface area contributed by atoms with E-state index in [2.05, 4.69) is 0 Å². The van der Waals surface area contributed by atoms with Crippen LogP contribution >= 0.6 is 0 Å². The average molecular weight is 289 g/mol. The number of imide groups is 1. The number of phenolic OH excluding ortho intramolecular Hbond substituents is 1. The molecule has 2 amide bonds. The summed E-state index contributed by atoms with van der Waals surface area (Å²) in [5.74, 6) is -2.31. The Morgan fingerprint density at radius 2 is 1.38 bits per heavy atom. The Morgan fingerprint density at radius 1 is 0.905 bits per heavy atom. The van der Waals surface area contributed by atoms with Crippen LogP contribution in [0.5, 0.6) is 5.75 Å². The van der Waals surface area contributed by atoms with Crippen LogP contribution in [0, 0.1) is 23.7 Å². The molecule has 1 aromatic carbocycles. The minimum Gasteiger partial charge on any atom is -0.508 e. The fourth-order valence-corrected chi connectivity index (χ4v) is 4.29. The van der Waals surface area contributed by atoms with Crippen LogP contribution in [0.15, 0.2) is 24.3 Å². The maximum absolute atomic E-state index is 12.6. The van der Waals surface area contributed by atoms with Crippen molar-refractivity contribution in [2.24, 2.45) is 23.7 Å². The predicted octanol–water partition coefficient (Wildman–Crippen LogP) is -0.131. The molecule has 1 aromatic rings. The van der Waals surface area contributed by atoms with Crippen LogP contribution in [0.1, 0.15) is 6.42 Å². The molecule has 110 valence electrons. The van der Waals surface area contributed by atoms with Gasteiger partial charge >= 0.3 is 0 Å². The standard InChI is InChI=1S/C15H15NO5/c17-7-3-1-6(2-4-7)16-14(20)10-8-5-9(11(10)15(16)21)13(19)12(8)18/h1-4,8-13,17-19H,5H2. The van der Waals surface area contributed by atoms with Gasteiger partial charge in [-0.2, -0.15) is 0 Å². The Labute approximate surface area is 120 Å². The Balaban J connectivity index is 1.73. The van der Waals surface area contributed by atoms with E-state index in [1.807, 2.05) is 0 Å². The molecule has 0 radical (unpaired) electrons. The molecule has 2 saturated carbocycles. The molecule has 1 heterocycles. The van der Waals surface area contributed by atoms with Crippen molar-refractivity contribution < 1.29 is 24.9 Å². The fraction of sp³-hybridized carbons (Fsp3) is 0.467. The lowest BCUT2D eigenvalue weighted by molar-refractivity contribution is -0.129. The molecule has 21 heavy (non-hydrogen) atoms. The zero-order valence-corrected chi connectivity index (χ0v) is 11.1. The number of benzene rings is 1. The normalized spacial score (nSPS) is 41.0. The van der Waals surface area contributed by atoms with E-state index < -0.39 is 24.0 Å². The largest absolute Gasteiger partial charge is 0.508 e. The van der Waals surface area contributed by atoms with Crippen molar-refractivity contribution in [3.63, 3.8) is 0 Å². The van der Waals surface area contributed by atoms with Crippen molar-refractivity contribution in [3.05, 3.63) is 24.3 Å². The molecular formula is C15H15NO5. The van der Waals surface area contributed by atoms with Gasteiger partial charge in [0.25, 0.3) is 0 Å². The molecule has 6 heteroatoms. The molecule has 3 aliphatic rings. The second kappa shape index (κ2) is 4.05. The van der Waals surface area contributed by atoms with Gasteiger partial charge in [0.05, 0.1) is 29.7 Å². The van der Waals surface area contributed by atoms with E-state index in [0.717, 1.165) is 4.90 Å². The van der Waals surface area contributed by atoms with Crippen LogP contribution in [0.3, 0.4) is 0 Å². The first-order valence-electron chi connectivity index (χ1n) is 7.03. The molecule has 4 rings (SSSR count). The Hall–Kier alpha value is -1.92. The molecule has 2 bridgehead atoms. The van der Waals surface area contributed by atoms with Gasteiger partial charge in [0.2, 0.25) is 11.8 Å². The third-order valence-corrected chi connectivity index (χ3v) is 5.20. The third-order valence-electron chi connectivity index (χ3n) is 5.20. The number of aromatic hydroxyl groups is 1. The van der Waals surface area contributed by atoms with Gasteiger partial charge in [0.1, 0.15) is 5.75 Å². The Kier molecular flexibility index (Phi) is 2.47. The first-order chi connectivity index (χ1) is 10.0. The van der Waals surface area contributed by atoms with Crippen LogP contribution in [-0.2, 0) is 9.59 Å². The molecule has 2 aliphatic carbocycles. The maximum Gasteiger partial charge on any atom is 0.238 e. The summed E-state index contributed by atoms with van der Waals surface area (Å²) in [6.07, 6.45) is -1.32. The monoisotopic (exact) mass is 289 g/mol. The van der Waals surface area contributed by atoms with E-state index in [4.69, 9.17) is 0 Å². The van der Waals surface area contributed by atoms with E-state index in [0.29, 0.717) is 12.1 Å². The van der Waals surface area contributed by atoms with Crippen LogP contribution in [0.4, 0.5) is 5.69 Å².